The van der Waals surface area contributed by atoms with Gasteiger partial charge in [0.2, 0.25) is 15.9 Å². The first kappa shape index (κ1) is 24.9. The van der Waals surface area contributed by atoms with E-state index in [1.807, 2.05) is 0 Å². The van der Waals surface area contributed by atoms with Crippen molar-refractivity contribution in [3.8, 4) is 11.5 Å². The van der Waals surface area contributed by atoms with Crippen molar-refractivity contribution < 1.29 is 31.5 Å². The van der Waals surface area contributed by atoms with Crippen LogP contribution in [0.3, 0.4) is 0 Å². The van der Waals surface area contributed by atoms with Crippen LogP contribution in [0.4, 0.5) is 8.78 Å². The number of carbonyl (C=O) groups is 1. The molecule has 0 bridgehead atoms. The number of nitrogens with zero attached hydrogens (tertiary/aromatic N) is 3. The van der Waals surface area contributed by atoms with Crippen LogP contribution in [0, 0.1) is 11.6 Å². The van der Waals surface area contributed by atoms with Gasteiger partial charge in [0.1, 0.15) is 11.6 Å². The molecule has 0 atom stereocenters. The van der Waals surface area contributed by atoms with Gasteiger partial charge in [-0.2, -0.15) is 4.31 Å². The lowest BCUT2D eigenvalue weighted by atomic mass is 10.2. The number of methoxy groups -OCH3 is 2. The molecule has 0 aliphatic carbocycles. The zero-order valence-corrected chi connectivity index (χ0v) is 19.6. The lowest BCUT2D eigenvalue weighted by Crippen LogP contribution is -2.52. The highest BCUT2D eigenvalue weighted by Crippen LogP contribution is 2.30. The standard InChI is InChI=1S/C22H27F2N3O5S/c1-25(14-16-4-5-17(23)12-19(16)24)15-22(28)26-8-10-27(11-9-26)33(29,30)18-6-7-20(31-2)21(13-18)32-3/h4-7,12-13H,8-11,14-15H2,1-3H3. The highest BCUT2D eigenvalue weighted by Gasteiger charge is 2.31. The quantitative estimate of drug-likeness (QED) is 0.571. The zero-order valence-electron chi connectivity index (χ0n) is 18.8. The van der Waals surface area contributed by atoms with Crippen LogP contribution < -0.4 is 9.47 Å². The van der Waals surface area contributed by atoms with Crippen LogP contribution in [-0.4, -0.2) is 82.4 Å². The third kappa shape index (κ3) is 5.79. The predicted octanol–water partition coefficient (Wildman–Crippen LogP) is 1.95. The minimum Gasteiger partial charge on any atom is -0.493 e. The van der Waals surface area contributed by atoms with E-state index in [9.17, 15) is 22.0 Å². The number of rotatable bonds is 8. The predicted molar refractivity (Wildman–Crippen MR) is 118 cm³/mol. The molecule has 33 heavy (non-hydrogen) atoms. The summed E-state index contributed by atoms with van der Waals surface area (Å²) in [7, 11) is 0.800. The van der Waals surface area contributed by atoms with Gasteiger partial charge in [0.15, 0.2) is 11.5 Å². The summed E-state index contributed by atoms with van der Waals surface area (Å²) in [5, 5.41) is 0. The summed E-state index contributed by atoms with van der Waals surface area (Å²) < 4.78 is 64.6. The van der Waals surface area contributed by atoms with E-state index in [-0.39, 0.29) is 55.6 Å². The van der Waals surface area contributed by atoms with Crippen LogP contribution in [-0.2, 0) is 21.4 Å². The first-order valence-electron chi connectivity index (χ1n) is 10.3. The topological polar surface area (TPSA) is 79.4 Å². The third-order valence-electron chi connectivity index (χ3n) is 5.44. The van der Waals surface area contributed by atoms with Gasteiger partial charge in [0, 0.05) is 50.4 Å². The average molecular weight is 484 g/mol. The van der Waals surface area contributed by atoms with Crippen molar-refractivity contribution in [1.82, 2.24) is 14.1 Å². The summed E-state index contributed by atoms with van der Waals surface area (Å²) in [5.41, 5.74) is 0.289. The number of piperazine rings is 1. The van der Waals surface area contributed by atoms with E-state index in [1.54, 1.807) is 16.8 Å². The molecule has 2 aromatic rings. The number of hydrogen-bond acceptors (Lipinski definition) is 6. The van der Waals surface area contributed by atoms with E-state index in [0.717, 1.165) is 6.07 Å². The van der Waals surface area contributed by atoms with E-state index in [0.29, 0.717) is 11.5 Å². The lowest BCUT2D eigenvalue weighted by molar-refractivity contribution is -0.133. The summed E-state index contributed by atoms with van der Waals surface area (Å²) in [5.74, 6) is -0.771. The first-order chi connectivity index (χ1) is 15.6. The SMILES string of the molecule is COc1ccc(S(=O)(=O)N2CCN(C(=O)CN(C)Cc3ccc(F)cc3F)CC2)cc1OC. The normalized spacial score (nSPS) is 15.0. The number of benzene rings is 2. The fourth-order valence-corrected chi connectivity index (χ4v) is 5.07. The summed E-state index contributed by atoms with van der Waals surface area (Å²) >= 11 is 0. The molecular formula is C22H27F2N3O5S. The molecule has 0 unspecified atom stereocenters. The molecule has 8 nitrogen and oxygen atoms in total. The second-order valence-corrected chi connectivity index (χ2v) is 9.65. The van der Waals surface area contributed by atoms with Gasteiger partial charge in [-0.25, -0.2) is 17.2 Å². The summed E-state index contributed by atoms with van der Waals surface area (Å²) in [4.78, 5) is 15.9. The van der Waals surface area contributed by atoms with Gasteiger partial charge in [0.25, 0.3) is 0 Å². The maximum atomic E-state index is 13.8. The molecule has 0 radical (unpaired) electrons. The molecule has 0 aromatic heterocycles. The highest BCUT2D eigenvalue weighted by molar-refractivity contribution is 7.89. The first-order valence-corrected chi connectivity index (χ1v) is 11.7. The molecule has 1 saturated heterocycles. The Morgan fingerprint density at radius 3 is 2.27 bits per heavy atom. The van der Waals surface area contributed by atoms with Crippen LogP contribution in [0.1, 0.15) is 5.56 Å². The Bertz CT molecular complexity index is 1110. The fraction of sp³-hybridized carbons (Fsp3) is 0.409. The molecule has 180 valence electrons. The smallest absolute Gasteiger partial charge is 0.243 e. The van der Waals surface area contributed by atoms with E-state index in [2.05, 4.69) is 0 Å². The number of carbonyl (C=O) groups excluding carboxylic acids is 1. The summed E-state index contributed by atoms with van der Waals surface area (Å²) in [6, 6.07) is 7.73. The van der Waals surface area contributed by atoms with Crippen molar-refractivity contribution in [2.45, 2.75) is 11.4 Å². The van der Waals surface area contributed by atoms with E-state index < -0.39 is 21.7 Å². The third-order valence-corrected chi connectivity index (χ3v) is 7.34. The molecule has 0 N–H and O–H groups in total. The van der Waals surface area contributed by atoms with E-state index in [4.69, 9.17) is 9.47 Å². The number of halogens is 2. The van der Waals surface area contributed by atoms with Crippen molar-refractivity contribution in [2.75, 3.05) is 54.0 Å². The molecule has 1 heterocycles. The molecule has 11 heteroatoms. The van der Waals surface area contributed by atoms with Gasteiger partial charge in [-0.05, 0) is 25.2 Å². The number of ether oxygens (including phenoxy) is 2. The molecule has 1 fully saturated rings. The Hall–Kier alpha value is -2.76. The molecule has 1 amide bonds. The Balaban J connectivity index is 1.58. The van der Waals surface area contributed by atoms with Gasteiger partial charge >= 0.3 is 0 Å². The van der Waals surface area contributed by atoms with Crippen LogP contribution in [0.25, 0.3) is 0 Å². The van der Waals surface area contributed by atoms with Crippen LogP contribution >= 0.6 is 0 Å². The molecule has 0 spiro atoms. The summed E-state index contributed by atoms with van der Waals surface area (Å²) in [6.45, 7) is 0.955. The zero-order chi connectivity index (χ0) is 24.2. The maximum absolute atomic E-state index is 13.8. The van der Waals surface area contributed by atoms with Crippen LogP contribution in [0.15, 0.2) is 41.3 Å². The lowest BCUT2D eigenvalue weighted by Gasteiger charge is -2.34. The summed E-state index contributed by atoms with van der Waals surface area (Å²) in [6.07, 6.45) is 0. The second-order valence-electron chi connectivity index (χ2n) is 7.71. The van der Waals surface area contributed by atoms with Gasteiger partial charge in [0.05, 0.1) is 25.7 Å². The van der Waals surface area contributed by atoms with Crippen LogP contribution in [0.5, 0.6) is 11.5 Å². The number of hydrogen-bond donors (Lipinski definition) is 0. The maximum Gasteiger partial charge on any atom is 0.243 e. The Kier molecular flexibility index (Phi) is 7.88. The second kappa shape index (κ2) is 10.4. The Labute approximate surface area is 192 Å². The average Bonchev–Trinajstić information content (AvgIpc) is 2.80. The van der Waals surface area contributed by atoms with Crippen LogP contribution in [0.2, 0.25) is 0 Å². The van der Waals surface area contributed by atoms with Gasteiger partial charge in [-0.15, -0.1) is 0 Å². The van der Waals surface area contributed by atoms with Crippen molar-refractivity contribution in [3.05, 3.63) is 53.6 Å². The van der Waals surface area contributed by atoms with Gasteiger partial charge < -0.3 is 14.4 Å². The minimum absolute atomic E-state index is 0.0270. The monoisotopic (exact) mass is 483 g/mol. The van der Waals surface area contributed by atoms with Crippen molar-refractivity contribution >= 4 is 15.9 Å². The molecule has 2 aromatic carbocycles. The largest absolute Gasteiger partial charge is 0.493 e. The fourth-order valence-electron chi connectivity index (χ4n) is 3.63. The van der Waals surface area contributed by atoms with E-state index >= 15 is 0 Å². The highest BCUT2D eigenvalue weighted by atomic mass is 32.2. The Morgan fingerprint density at radius 1 is 1.00 bits per heavy atom. The van der Waals surface area contributed by atoms with Crippen molar-refractivity contribution in [3.63, 3.8) is 0 Å². The molecule has 3 rings (SSSR count). The number of likely N-dealkylation sites (N-methyl/N-ethyl adjacent to an activating group) is 1. The number of sulfonamides is 1. The van der Waals surface area contributed by atoms with Gasteiger partial charge in [-0.1, -0.05) is 6.07 Å². The molecular weight excluding hydrogens is 456 g/mol. The van der Waals surface area contributed by atoms with Crippen molar-refractivity contribution in [1.29, 1.82) is 0 Å². The Morgan fingerprint density at radius 2 is 1.67 bits per heavy atom. The van der Waals surface area contributed by atoms with Gasteiger partial charge in [-0.3, -0.25) is 9.69 Å². The minimum atomic E-state index is -3.76. The molecule has 1 aliphatic rings. The molecule has 1 aliphatic heterocycles. The number of amides is 1. The van der Waals surface area contributed by atoms with E-state index in [1.165, 1.54) is 48.9 Å². The molecule has 0 saturated carbocycles. The van der Waals surface area contributed by atoms with Crippen molar-refractivity contribution in [2.24, 2.45) is 0 Å².